The van der Waals surface area contributed by atoms with Gasteiger partial charge in [0.1, 0.15) is 0 Å². The van der Waals surface area contributed by atoms with Crippen molar-refractivity contribution in [3.63, 3.8) is 0 Å². The van der Waals surface area contributed by atoms with Gasteiger partial charge < -0.3 is 9.47 Å². The van der Waals surface area contributed by atoms with Crippen LogP contribution in [-0.2, 0) is 9.47 Å². The zero-order valence-corrected chi connectivity index (χ0v) is 13.5. The molecular weight excluding hydrogens is 224 g/mol. The fraction of sp³-hybridized carbons (Fsp3) is 1.00. The number of methoxy groups -OCH3 is 1. The molecule has 1 unspecified atom stereocenters. The lowest BCUT2D eigenvalue weighted by molar-refractivity contribution is -0.173. The molecule has 0 fully saturated rings. The molecule has 2 heteroatoms. The van der Waals surface area contributed by atoms with Crippen LogP contribution in [0.1, 0.15) is 79.6 Å². The average molecular weight is 258 g/mol. The molecule has 2 nitrogen and oxygen atoms in total. The zero-order valence-electron chi connectivity index (χ0n) is 13.5. The van der Waals surface area contributed by atoms with E-state index in [2.05, 4.69) is 27.7 Å². The lowest BCUT2D eigenvalue weighted by Gasteiger charge is -2.43. The maximum absolute atomic E-state index is 5.86. The van der Waals surface area contributed by atoms with Gasteiger partial charge in [-0.1, -0.05) is 45.4 Å². The summed E-state index contributed by atoms with van der Waals surface area (Å²) in [5.41, 5.74) is -0.409. The second kappa shape index (κ2) is 8.92. The molecular formula is C16H34O2. The fourth-order valence-corrected chi connectivity index (χ4v) is 2.41. The molecule has 0 aromatic carbocycles. The van der Waals surface area contributed by atoms with Crippen molar-refractivity contribution in [1.82, 2.24) is 0 Å². The molecule has 0 saturated carbocycles. The van der Waals surface area contributed by atoms with Crippen molar-refractivity contribution in [2.45, 2.75) is 90.8 Å². The second-order valence-corrected chi connectivity index (χ2v) is 5.90. The minimum atomic E-state index is -0.222. The monoisotopic (exact) mass is 258 g/mol. The molecule has 0 aliphatic heterocycles. The largest absolute Gasteiger partial charge is 0.376 e. The molecule has 0 rings (SSSR count). The minimum Gasteiger partial charge on any atom is -0.376 e. The van der Waals surface area contributed by atoms with Gasteiger partial charge in [-0.05, 0) is 34.1 Å². The van der Waals surface area contributed by atoms with Crippen molar-refractivity contribution < 1.29 is 9.47 Å². The van der Waals surface area contributed by atoms with Gasteiger partial charge in [0.2, 0.25) is 0 Å². The highest BCUT2D eigenvalue weighted by molar-refractivity contribution is 4.93. The molecule has 0 aromatic heterocycles. The van der Waals surface area contributed by atoms with Crippen molar-refractivity contribution in [2.24, 2.45) is 0 Å². The Labute approximate surface area is 114 Å². The number of hydrogen-bond donors (Lipinski definition) is 0. The average Bonchev–Trinajstić information content (AvgIpc) is 2.33. The molecule has 0 amide bonds. The maximum atomic E-state index is 5.86. The van der Waals surface area contributed by atoms with Crippen LogP contribution in [0.5, 0.6) is 0 Å². The fourth-order valence-electron chi connectivity index (χ4n) is 2.41. The van der Waals surface area contributed by atoms with E-state index in [1.54, 1.807) is 7.11 Å². The van der Waals surface area contributed by atoms with E-state index < -0.39 is 0 Å². The Kier molecular flexibility index (Phi) is 8.89. The third-order valence-electron chi connectivity index (χ3n) is 4.24. The van der Waals surface area contributed by atoms with Crippen LogP contribution in [0.4, 0.5) is 0 Å². The smallest absolute Gasteiger partial charge is 0.0933 e. The second-order valence-electron chi connectivity index (χ2n) is 5.90. The van der Waals surface area contributed by atoms with Crippen LogP contribution in [0.3, 0.4) is 0 Å². The predicted molar refractivity (Wildman–Crippen MR) is 79.1 cm³/mol. The molecule has 18 heavy (non-hydrogen) atoms. The van der Waals surface area contributed by atoms with Gasteiger partial charge in [-0.2, -0.15) is 0 Å². The van der Waals surface area contributed by atoms with Crippen molar-refractivity contribution in [3.8, 4) is 0 Å². The molecule has 110 valence electrons. The van der Waals surface area contributed by atoms with Crippen LogP contribution < -0.4 is 0 Å². The van der Waals surface area contributed by atoms with Crippen LogP contribution in [0.25, 0.3) is 0 Å². The minimum absolute atomic E-state index is 0.187. The summed E-state index contributed by atoms with van der Waals surface area (Å²) in [6.07, 6.45) is 9.01. The first-order valence-electron chi connectivity index (χ1n) is 7.62. The zero-order chi connectivity index (χ0) is 14.1. The summed E-state index contributed by atoms with van der Waals surface area (Å²) in [4.78, 5) is 0. The molecule has 0 spiro atoms. The van der Waals surface area contributed by atoms with Crippen molar-refractivity contribution in [2.75, 3.05) is 13.7 Å². The molecule has 0 radical (unpaired) electrons. The molecule has 0 bridgehead atoms. The molecule has 0 aliphatic rings. The molecule has 1 atom stereocenters. The molecule has 0 aliphatic carbocycles. The van der Waals surface area contributed by atoms with Crippen molar-refractivity contribution in [1.29, 1.82) is 0 Å². The normalized spacial score (nSPS) is 15.7. The van der Waals surface area contributed by atoms with Crippen LogP contribution in [0.15, 0.2) is 0 Å². The first kappa shape index (κ1) is 17.9. The quantitative estimate of drug-likeness (QED) is 0.488. The van der Waals surface area contributed by atoms with Gasteiger partial charge in [0.05, 0.1) is 11.2 Å². The van der Waals surface area contributed by atoms with Crippen molar-refractivity contribution >= 4 is 0 Å². The summed E-state index contributed by atoms with van der Waals surface area (Å²) in [5, 5.41) is 0. The van der Waals surface area contributed by atoms with Gasteiger partial charge in [-0.15, -0.1) is 0 Å². The van der Waals surface area contributed by atoms with E-state index in [0.29, 0.717) is 0 Å². The van der Waals surface area contributed by atoms with Crippen LogP contribution in [0, 0.1) is 0 Å². The topological polar surface area (TPSA) is 18.5 Å². The third kappa shape index (κ3) is 5.71. The lowest BCUT2D eigenvalue weighted by atomic mass is 9.82. The number of hydrogen-bond acceptors (Lipinski definition) is 2. The van der Waals surface area contributed by atoms with Gasteiger partial charge >= 0.3 is 0 Å². The Balaban J connectivity index is 4.07. The molecule has 0 N–H and O–H groups in total. The summed E-state index contributed by atoms with van der Waals surface area (Å²) in [5.74, 6) is 0. The standard InChI is InChI=1S/C16H34O2/c1-7-9-10-11-12-13-14-16(5,17-6)15(3,4)18-8-2/h7-14H2,1-6H3. The van der Waals surface area contributed by atoms with E-state index in [1.807, 2.05) is 6.92 Å². The van der Waals surface area contributed by atoms with Gasteiger partial charge in [0, 0.05) is 13.7 Å². The summed E-state index contributed by atoms with van der Waals surface area (Å²) >= 11 is 0. The van der Waals surface area contributed by atoms with Crippen molar-refractivity contribution in [3.05, 3.63) is 0 Å². The first-order chi connectivity index (χ1) is 8.43. The van der Waals surface area contributed by atoms with E-state index in [9.17, 15) is 0 Å². The van der Waals surface area contributed by atoms with Gasteiger partial charge in [-0.25, -0.2) is 0 Å². The summed E-state index contributed by atoms with van der Waals surface area (Å²) < 4.78 is 11.6. The Bertz CT molecular complexity index is 201. The van der Waals surface area contributed by atoms with Crippen LogP contribution in [0.2, 0.25) is 0 Å². The van der Waals surface area contributed by atoms with Gasteiger partial charge in [0.15, 0.2) is 0 Å². The van der Waals surface area contributed by atoms with E-state index >= 15 is 0 Å². The van der Waals surface area contributed by atoms with E-state index in [-0.39, 0.29) is 11.2 Å². The molecule has 0 saturated heterocycles. The molecule has 0 aromatic rings. The number of ether oxygens (including phenoxy) is 2. The van der Waals surface area contributed by atoms with Crippen LogP contribution >= 0.6 is 0 Å². The third-order valence-corrected chi connectivity index (χ3v) is 4.24. The molecule has 0 heterocycles. The summed E-state index contributed by atoms with van der Waals surface area (Å²) in [6.45, 7) is 11.5. The van der Waals surface area contributed by atoms with Gasteiger partial charge in [-0.3, -0.25) is 0 Å². The predicted octanol–water partition coefficient (Wildman–Crippen LogP) is 4.96. The van der Waals surface area contributed by atoms with E-state index in [4.69, 9.17) is 9.47 Å². The summed E-state index contributed by atoms with van der Waals surface area (Å²) in [6, 6.07) is 0. The van der Waals surface area contributed by atoms with E-state index in [1.165, 1.54) is 38.5 Å². The highest BCUT2D eigenvalue weighted by Crippen LogP contribution is 2.33. The number of rotatable bonds is 11. The first-order valence-corrected chi connectivity index (χ1v) is 7.62. The maximum Gasteiger partial charge on any atom is 0.0933 e. The Morgan fingerprint density at radius 2 is 1.39 bits per heavy atom. The Morgan fingerprint density at radius 3 is 1.89 bits per heavy atom. The lowest BCUT2D eigenvalue weighted by Crippen LogP contribution is -2.51. The Morgan fingerprint density at radius 1 is 0.833 bits per heavy atom. The Hall–Kier alpha value is -0.0800. The number of unbranched alkanes of at least 4 members (excludes halogenated alkanes) is 5. The SMILES string of the molecule is CCCCCCCCC(C)(OC)C(C)(C)OCC. The van der Waals surface area contributed by atoms with E-state index in [0.717, 1.165) is 13.0 Å². The summed E-state index contributed by atoms with van der Waals surface area (Å²) in [7, 11) is 1.80. The highest BCUT2D eigenvalue weighted by Gasteiger charge is 2.41. The van der Waals surface area contributed by atoms with Crippen LogP contribution in [-0.4, -0.2) is 24.9 Å². The highest BCUT2D eigenvalue weighted by atomic mass is 16.6. The van der Waals surface area contributed by atoms with Gasteiger partial charge in [0.25, 0.3) is 0 Å².